The average molecular weight is 584 g/mol. The number of imidazole rings is 1. The highest BCUT2D eigenvalue weighted by molar-refractivity contribution is 6.32. The second kappa shape index (κ2) is 12.2. The number of fused-ring (bicyclic) bond motifs is 1. The summed E-state index contributed by atoms with van der Waals surface area (Å²) in [6, 6.07) is 19.8. The van der Waals surface area contributed by atoms with Crippen molar-refractivity contribution < 1.29 is 4.74 Å². The fourth-order valence-corrected chi connectivity index (χ4v) is 5.17. The molecule has 42 heavy (non-hydrogen) atoms. The largest absolute Gasteiger partial charge is 0.486 e. The van der Waals surface area contributed by atoms with Crippen molar-refractivity contribution in [3.63, 3.8) is 0 Å². The van der Waals surface area contributed by atoms with Crippen molar-refractivity contribution in [3.05, 3.63) is 83.8 Å². The van der Waals surface area contributed by atoms with Crippen LogP contribution in [0, 0.1) is 0 Å². The highest BCUT2D eigenvalue weighted by Crippen LogP contribution is 2.32. The van der Waals surface area contributed by atoms with Crippen LogP contribution in [0.1, 0.15) is 25.6 Å². The molecule has 0 aliphatic carbocycles. The summed E-state index contributed by atoms with van der Waals surface area (Å²) in [5.74, 6) is 1.75. The summed E-state index contributed by atoms with van der Waals surface area (Å²) in [7, 11) is 2.17. The van der Waals surface area contributed by atoms with Crippen molar-refractivity contribution in [1.29, 1.82) is 0 Å². The summed E-state index contributed by atoms with van der Waals surface area (Å²) in [5.41, 5.74) is 5.21. The molecule has 216 valence electrons. The molecule has 11 heteroatoms. The van der Waals surface area contributed by atoms with E-state index in [-0.39, 0.29) is 6.04 Å². The van der Waals surface area contributed by atoms with Crippen molar-refractivity contribution in [1.82, 2.24) is 29.4 Å². The molecule has 1 fully saturated rings. The first-order valence-electron chi connectivity index (χ1n) is 14.1. The van der Waals surface area contributed by atoms with Gasteiger partial charge >= 0.3 is 0 Å². The summed E-state index contributed by atoms with van der Waals surface area (Å²) in [6.07, 6.45) is 3.49. The molecule has 4 heterocycles. The van der Waals surface area contributed by atoms with E-state index in [9.17, 15) is 0 Å². The number of pyridine rings is 1. The third kappa shape index (κ3) is 6.24. The van der Waals surface area contributed by atoms with E-state index in [1.807, 2.05) is 36.4 Å². The third-order valence-electron chi connectivity index (χ3n) is 7.23. The smallest absolute Gasteiger partial charge is 0.229 e. The number of hydrogen-bond donors (Lipinski definition) is 2. The Morgan fingerprint density at radius 1 is 0.905 bits per heavy atom. The lowest BCUT2D eigenvalue weighted by Crippen LogP contribution is -2.44. The minimum Gasteiger partial charge on any atom is -0.486 e. The van der Waals surface area contributed by atoms with Gasteiger partial charge in [0, 0.05) is 55.5 Å². The molecular weight excluding hydrogens is 550 g/mol. The van der Waals surface area contributed by atoms with Crippen LogP contribution in [-0.2, 0) is 6.61 Å². The number of piperazine rings is 1. The zero-order chi connectivity index (χ0) is 29.1. The highest BCUT2D eigenvalue weighted by Gasteiger charge is 2.18. The summed E-state index contributed by atoms with van der Waals surface area (Å²) in [4.78, 5) is 23.2. The van der Waals surface area contributed by atoms with Crippen LogP contribution >= 0.6 is 11.6 Å². The fourth-order valence-electron chi connectivity index (χ4n) is 4.94. The molecule has 5 aromatic rings. The van der Waals surface area contributed by atoms with Gasteiger partial charge in [0.15, 0.2) is 5.65 Å². The van der Waals surface area contributed by atoms with Crippen molar-refractivity contribution in [3.8, 4) is 5.75 Å². The van der Waals surface area contributed by atoms with Crippen molar-refractivity contribution >= 4 is 51.7 Å². The monoisotopic (exact) mass is 583 g/mol. The predicted molar refractivity (Wildman–Crippen MR) is 168 cm³/mol. The molecule has 1 aliphatic rings. The van der Waals surface area contributed by atoms with E-state index >= 15 is 0 Å². The first-order valence-corrected chi connectivity index (χ1v) is 14.5. The Morgan fingerprint density at radius 3 is 2.40 bits per heavy atom. The zero-order valence-electron chi connectivity index (χ0n) is 24.0. The van der Waals surface area contributed by atoms with Gasteiger partial charge in [-0.2, -0.15) is 4.98 Å². The van der Waals surface area contributed by atoms with Gasteiger partial charge in [0.1, 0.15) is 17.9 Å². The van der Waals surface area contributed by atoms with Crippen LogP contribution < -0.4 is 20.3 Å². The van der Waals surface area contributed by atoms with Gasteiger partial charge in [0.05, 0.1) is 16.9 Å². The maximum absolute atomic E-state index is 6.55. The van der Waals surface area contributed by atoms with E-state index in [0.717, 1.165) is 48.9 Å². The zero-order valence-corrected chi connectivity index (χ0v) is 24.7. The lowest BCUT2D eigenvalue weighted by atomic mass is 10.2. The lowest BCUT2D eigenvalue weighted by Gasteiger charge is -2.34. The van der Waals surface area contributed by atoms with Gasteiger partial charge < -0.3 is 25.2 Å². The van der Waals surface area contributed by atoms with Gasteiger partial charge in [0.25, 0.3) is 0 Å². The minimum absolute atomic E-state index is 0.0968. The van der Waals surface area contributed by atoms with Crippen LogP contribution in [0.5, 0.6) is 5.75 Å². The van der Waals surface area contributed by atoms with E-state index in [0.29, 0.717) is 34.8 Å². The van der Waals surface area contributed by atoms with Crippen LogP contribution in [0.4, 0.5) is 29.0 Å². The minimum atomic E-state index is 0.0968. The van der Waals surface area contributed by atoms with Gasteiger partial charge in [0.2, 0.25) is 11.9 Å². The molecule has 6 rings (SSSR count). The Balaban J connectivity index is 1.17. The summed E-state index contributed by atoms with van der Waals surface area (Å²) < 4.78 is 7.92. The van der Waals surface area contributed by atoms with Crippen LogP contribution in [0.15, 0.2) is 73.1 Å². The first kappa shape index (κ1) is 27.7. The number of ether oxygens (including phenoxy) is 1. The van der Waals surface area contributed by atoms with Crippen LogP contribution in [0.3, 0.4) is 0 Å². The van der Waals surface area contributed by atoms with Gasteiger partial charge in [-0.3, -0.25) is 9.55 Å². The van der Waals surface area contributed by atoms with Crippen LogP contribution in [0.2, 0.25) is 5.02 Å². The number of nitrogens with one attached hydrogen (secondary N) is 2. The normalized spacial score (nSPS) is 14.0. The SMILES string of the molecule is CC(C)n1c(Nc2ccc(OCc3ccccn3)c(Cl)c2)nc2cnc(Nc3ccc(N4CCN(C)CC4)cc3)nc21. The third-order valence-corrected chi connectivity index (χ3v) is 7.53. The molecule has 3 aromatic heterocycles. The van der Waals surface area contributed by atoms with Crippen molar-refractivity contribution in [2.24, 2.45) is 0 Å². The molecule has 0 saturated carbocycles. The van der Waals surface area contributed by atoms with Crippen molar-refractivity contribution in [2.75, 3.05) is 48.8 Å². The van der Waals surface area contributed by atoms with E-state index in [1.165, 1.54) is 5.69 Å². The quantitative estimate of drug-likeness (QED) is 0.208. The van der Waals surface area contributed by atoms with Gasteiger partial charge in [-0.25, -0.2) is 9.97 Å². The molecule has 0 bridgehead atoms. The van der Waals surface area contributed by atoms with E-state index in [1.54, 1.807) is 12.4 Å². The molecule has 10 nitrogen and oxygen atoms in total. The standard InChI is InChI=1S/C31H34ClN9O/c1-21(2)41-29-27(19-34-30(38-29)35-22-7-10-25(11-8-22)40-16-14-39(3)15-17-40)37-31(41)36-23-9-12-28(26(32)18-23)42-20-24-6-4-5-13-33-24/h4-13,18-19,21H,14-17,20H2,1-3H3,(H,36,37)(H,34,35,38). The van der Waals surface area contributed by atoms with Gasteiger partial charge in [-0.15, -0.1) is 0 Å². The lowest BCUT2D eigenvalue weighted by molar-refractivity contribution is 0.301. The van der Waals surface area contributed by atoms with E-state index in [4.69, 9.17) is 26.3 Å². The van der Waals surface area contributed by atoms with Crippen LogP contribution in [0.25, 0.3) is 11.2 Å². The molecule has 0 spiro atoms. The Labute approximate surface area is 250 Å². The van der Waals surface area contributed by atoms with E-state index in [2.05, 4.69) is 80.1 Å². The van der Waals surface area contributed by atoms with Crippen molar-refractivity contribution in [2.45, 2.75) is 26.5 Å². The fraction of sp³-hybridized carbons (Fsp3) is 0.290. The Hall–Kier alpha value is -4.41. The second-order valence-corrected chi connectivity index (χ2v) is 11.1. The number of rotatable bonds is 9. The highest BCUT2D eigenvalue weighted by atomic mass is 35.5. The summed E-state index contributed by atoms with van der Waals surface area (Å²) >= 11 is 6.55. The van der Waals surface area contributed by atoms with Gasteiger partial charge in [-0.1, -0.05) is 17.7 Å². The average Bonchev–Trinajstić information content (AvgIpc) is 3.35. The second-order valence-electron chi connectivity index (χ2n) is 10.6. The number of aromatic nitrogens is 5. The molecule has 1 aliphatic heterocycles. The topological polar surface area (TPSA) is 96.3 Å². The van der Waals surface area contributed by atoms with E-state index < -0.39 is 0 Å². The number of anilines is 5. The molecular formula is C31H34ClN9O. The van der Waals surface area contributed by atoms with Crippen LogP contribution in [-0.4, -0.2) is 62.6 Å². The molecule has 0 amide bonds. The Bertz CT molecular complexity index is 1650. The molecule has 0 unspecified atom stereocenters. The Kier molecular flexibility index (Phi) is 8.07. The molecule has 0 radical (unpaired) electrons. The maximum Gasteiger partial charge on any atom is 0.229 e. The maximum atomic E-state index is 6.55. The van der Waals surface area contributed by atoms with Gasteiger partial charge in [-0.05, 0) is 75.5 Å². The molecule has 2 N–H and O–H groups in total. The molecule has 1 saturated heterocycles. The Morgan fingerprint density at radius 2 is 1.69 bits per heavy atom. The molecule has 2 aromatic carbocycles. The summed E-state index contributed by atoms with van der Waals surface area (Å²) in [5, 5.41) is 7.24. The number of nitrogens with zero attached hydrogens (tertiary/aromatic N) is 7. The molecule has 0 atom stereocenters. The number of halogens is 1. The summed E-state index contributed by atoms with van der Waals surface area (Å²) in [6.45, 7) is 8.76. The number of likely N-dealkylation sites (N-methyl/N-ethyl adjacent to an activating group) is 1. The number of hydrogen-bond acceptors (Lipinski definition) is 9. The first-order chi connectivity index (χ1) is 20.4. The predicted octanol–water partition coefficient (Wildman–Crippen LogP) is 6.27. The number of benzene rings is 2.